The average Bonchev–Trinajstić information content (AvgIpc) is 3.23. The fraction of sp³-hybridized carbons (Fsp3) is 0.462. The molecule has 116 valence electrons. The van der Waals surface area contributed by atoms with Crippen molar-refractivity contribution in [3.05, 3.63) is 27.7 Å². The van der Waals surface area contributed by atoms with Gasteiger partial charge in [-0.3, -0.25) is 0 Å². The van der Waals surface area contributed by atoms with Gasteiger partial charge < -0.3 is 10.2 Å². The zero-order valence-corrected chi connectivity index (χ0v) is 13.7. The molecule has 0 spiro atoms. The predicted octanol–water partition coefficient (Wildman–Crippen LogP) is 1.50. The molecule has 0 radical (unpaired) electrons. The molecule has 0 bridgehead atoms. The molecule has 1 fully saturated rings. The standard InChI is InChI=1S/C13H16BrNO5S/c1-7-10(14)4-9(13(17)18)5-12(7)21(19,20)15-6-11(16)8-2-3-8/h4-5,8,11,15-16H,2-3,6H2,1H3,(H,17,18). The van der Waals surface area contributed by atoms with Crippen molar-refractivity contribution in [2.75, 3.05) is 6.54 Å². The summed E-state index contributed by atoms with van der Waals surface area (Å²) in [6, 6.07) is 2.48. The molecule has 0 amide bonds. The lowest BCUT2D eigenvalue weighted by molar-refractivity contribution is 0.0696. The third-order valence-corrected chi connectivity index (χ3v) is 5.86. The van der Waals surface area contributed by atoms with E-state index in [2.05, 4.69) is 20.7 Å². The topological polar surface area (TPSA) is 104 Å². The van der Waals surface area contributed by atoms with Crippen molar-refractivity contribution in [3.63, 3.8) is 0 Å². The van der Waals surface area contributed by atoms with Crippen LogP contribution in [0.25, 0.3) is 0 Å². The molecule has 1 aromatic rings. The van der Waals surface area contributed by atoms with Crippen molar-refractivity contribution in [1.82, 2.24) is 4.72 Å². The lowest BCUT2D eigenvalue weighted by Crippen LogP contribution is -2.33. The van der Waals surface area contributed by atoms with Crippen molar-refractivity contribution < 1.29 is 23.4 Å². The Hall–Kier alpha value is -0.960. The summed E-state index contributed by atoms with van der Waals surface area (Å²) in [5.74, 6) is -1.05. The van der Waals surface area contributed by atoms with Crippen LogP contribution in [0.4, 0.5) is 0 Å². The second-order valence-corrected chi connectivity index (χ2v) is 7.73. The van der Waals surface area contributed by atoms with Crippen LogP contribution in [-0.4, -0.2) is 37.2 Å². The van der Waals surface area contributed by atoms with Gasteiger partial charge in [0.15, 0.2) is 0 Å². The van der Waals surface area contributed by atoms with E-state index in [9.17, 15) is 18.3 Å². The number of aliphatic hydroxyl groups is 1. The van der Waals surface area contributed by atoms with E-state index in [0.717, 1.165) is 18.9 Å². The van der Waals surface area contributed by atoms with Crippen LogP contribution in [0.5, 0.6) is 0 Å². The van der Waals surface area contributed by atoms with Gasteiger partial charge in [-0.15, -0.1) is 0 Å². The van der Waals surface area contributed by atoms with Gasteiger partial charge in [0.2, 0.25) is 10.0 Å². The molecule has 1 saturated carbocycles. The number of carboxylic acids is 1. The Balaban J connectivity index is 2.27. The molecule has 3 N–H and O–H groups in total. The number of carboxylic acid groups (broad SMARTS) is 1. The van der Waals surface area contributed by atoms with Crippen LogP contribution < -0.4 is 4.72 Å². The second kappa shape index (κ2) is 6.04. The molecular weight excluding hydrogens is 362 g/mol. The SMILES string of the molecule is Cc1c(Br)cc(C(=O)O)cc1S(=O)(=O)NCC(O)C1CC1. The van der Waals surface area contributed by atoms with E-state index in [1.807, 2.05) is 0 Å². The number of aromatic carboxylic acids is 1. The fourth-order valence-electron chi connectivity index (χ4n) is 1.98. The number of benzene rings is 1. The van der Waals surface area contributed by atoms with Gasteiger partial charge in [-0.25, -0.2) is 17.9 Å². The van der Waals surface area contributed by atoms with Crippen LogP contribution in [0.1, 0.15) is 28.8 Å². The summed E-state index contributed by atoms with van der Waals surface area (Å²) in [6.07, 6.45) is 1.11. The summed E-state index contributed by atoms with van der Waals surface area (Å²) >= 11 is 3.17. The predicted molar refractivity (Wildman–Crippen MR) is 79.8 cm³/mol. The lowest BCUT2D eigenvalue weighted by Gasteiger charge is -2.14. The van der Waals surface area contributed by atoms with Crippen molar-refractivity contribution in [2.24, 2.45) is 5.92 Å². The maximum atomic E-state index is 12.3. The Bertz CT molecular complexity index is 669. The third kappa shape index (κ3) is 3.82. The van der Waals surface area contributed by atoms with E-state index in [0.29, 0.717) is 10.0 Å². The minimum absolute atomic E-state index is 0.0681. The van der Waals surface area contributed by atoms with Gasteiger partial charge in [-0.05, 0) is 43.4 Å². The van der Waals surface area contributed by atoms with E-state index in [1.165, 1.54) is 6.07 Å². The summed E-state index contributed by atoms with van der Waals surface area (Å²) in [7, 11) is -3.87. The molecule has 2 rings (SSSR count). The molecule has 1 aromatic carbocycles. The van der Waals surface area contributed by atoms with Gasteiger partial charge in [0.25, 0.3) is 0 Å². The van der Waals surface area contributed by atoms with E-state index in [1.54, 1.807) is 6.92 Å². The molecule has 0 aliphatic heterocycles. The van der Waals surface area contributed by atoms with Gasteiger partial charge in [0.1, 0.15) is 0 Å². The van der Waals surface area contributed by atoms with Crippen LogP contribution in [0.15, 0.2) is 21.5 Å². The maximum Gasteiger partial charge on any atom is 0.335 e. The summed E-state index contributed by atoms with van der Waals surface area (Å²) in [5, 5.41) is 18.7. The number of hydrogen-bond donors (Lipinski definition) is 3. The quantitative estimate of drug-likeness (QED) is 0.696. The Morgan fingerprint density at radius 1 is 1.48 bits per heavy atom. The molecular formula is C13H16BrNO5S. The smallest absolute Gasteiger partial charge is 0.335 e. The van der Waals surface area contributed by atoms with Gasteiger partial charge in [-0.2, -0.15) is 0 Å². The molecule has 0 aromatic heterocycles. The van der Waals surface area contributed by atoms with E-state index in [-0.39, 0.29) is 22.9 Å². The van der Waals surface area contributed by atoms with Crippen LogP contribution in [-0.2, 0) is 10.0 Å². The normalized spacial score (nSPS) is 16.7. The highest BCUT2D eigenvalue weighted by Crippen LogP contribution is 2.32. The maximum absolute atomic E-state index is 12.3. The molecule has 6 nitrogen and oxygen atoms in total. The van der Waals surface area contributed by atoms with E-state index >= 15 is 0 Å². The van der Waals surface area contributed by atoms with Crippen LogP contribution in [0, 0.1) is 12.8 Å². The van der Waals surface area contributed by atoms with Gasteiger partial charge >= 0.3 is 5.97 Å². The van der Waals surface area contributed by atoms with Crippen LogP contribution in [0.2, 0.25) is 0 Å². The highest BCUT2D eigenvalue weighted by Gasteiger charge is 2.31. The summed E-state index contributed by atoms with van der Waals surface area (Å²) in [5.41, 5.74) is 0.309. The Morgan fingerprint density at radius 2 is 2.10 bits per heavy atom. The highest BCUT2D eigenvalue weighted by atomic mass is 79.9. The number of sulfonamides is 1. The second-order valence-electron chi connectivity index (χ2n) is 5.14. The van der Waals surface area contributed by atoms with Crippen molar-refractivity contribution in [1.29, 1.82) is 0 Å². The largest absolute Gasteiger partial charge is 0.478 e. The number of aliphatic hydroxyl groups excluding tert-OH is 1. The molecule has 21 heavy (non-hydrogen) atoms. The molecule has 8 heteroatoms. The summed E-state index contributed by atoms with van der Waals surface area (Å²) < 4.78 is 27.3. The zero-order valence-electron chi connectivity index (χ0n) is 11.3. The number of rotatable bonds is 6. The van der Waals surface area contributed by atoms with E-state index < -0.39 is 22.1 Å². The van der Waals surface area contributed by atoms with Crippen molar-refractivity contribution in [3.8, 4) is 0 Å². The zero-order chi connectivity index (χ0) is 15.8. The van der Waals surface area contributed by atoms with Crippen LogP contribution in [0.3, 0.4) is 0 Å². The minimum Gasteiger partial charge on any atom is -0.478 e. The average molecular weight is 378 g/mol. The molecule has 0 heterocycles. The Labute approximate surface area is 131 Å². The van der Waals surface area contributed by atoms with Crippen LogP contribution >= 0.6 is 15.9 Å². The van der Waals surface area contributed by atoms with E-state index in [4.69, 9.17) is 5.11 Å². The molecule has 0 saturated heterocycles. The van der Waals surface area contributed by atoms with Crippen molar-refractivity contribution >= 4 is 31.9 Å². The lowest BCUT2D eigenvalue weighted by atomic mass is 10.1. The van der Waals surface area contributed by atoms with Crippen molar-refractivity contribution in [2.45, 2.75) is 30.8 Å². The first-order valence-electron chi connectivity index (χ1n) is 6.43. The monoisotopic (exact) mass is 377 g/mol. The number of carbonyl (C=O) groups is 1. The number of hydrogen-bond acceptors (Lipinski definition) is 4. The first-order valence-corrected chi connectivity index (χ1v) is 8.71. The first kappa shape index (κ1) is 16.4. The summed E-state index contributed by atoms with van der Waals surface area (Å²) in [4.78, 5) is 10.9. The molecule has 1 atom stereocenters. The van der Waals surface area contributed by atoms with Gasteiger partial charge in [-0.1, -0.05) is 15.9 Å². The molecule has 1 unspecified atom stereocenters. The molecule has 1 aliphatic rings. The molecule has 1 aliphatic carbocycles. The number of nitrogens with one attached hydrogen (secondary N) is 1. The fourth-order valence-corrected chi connectivity index (χ4v) is 3.91. The first-order chi connectivity index (χ1) is 9.72. The Morgan fingerprint density at radius 3 is 2.62 bits per heavy atom. The van der Waals surface area contributed by atoms with Gasteiger partial charge in [0, 0.05) is 11.0 Å². The summed E-state index contributed by atoms with van der Waals surface area (Å²) in [6.45, 7) is 1.52. The Kier molecular flexibility index (Phi) is 4.72. The minimum atomic E-state index is -3.87. The third-order valence-electron chi connectivity index (χ3n) is 3.48. The number of halogens is 1. The van der Waals surface area contributed by atoms with Gasteiger partial charge in [0.05, 0.1) is 16.6 Å². The highest BCUT2D eigenvalue weighted by molar-refractivity contribution is 9.10.